The fourth-order valence-corrected chi connectivity index (χ4v) is 3.31. The van der Waals surface area contributed by atoms with E-state index < -0.39 is 10.0 Å². The van der Waals surface area contributed by atoms with Crippen LogP contribution in [0.2, 0.25) is 0 Å². The van der Waals surface area contributed by atoms with Gasteiger partial charge < -0.3 is 27.4 Å². The van der Waals surface area contributed by atoms with Crippen molar-refractivity contribution in [1.29, 1.82) is 0 Å². The first-order valence-electron chi connectivity index (χ1n) is 7.26. The molecule has 0 saturated carbocycles. The number of hydrogen-bond acceptors (Lipinski definition) is 4. The molecule has 130 valence electrons. The fourth-order valence-electron chi connectivity index (χ4n) is 2.28. The number of hydrogen-bond donors (Lipinski definition) is 3. The third-order valence-electron chi connectivity index (χ3n) is 3.46. The van der Waals surface area contributed by atoms with Gasteiger partial charge in [-0.25, -0.2) is 13.1 Å². The molecule has 1 aliphatic heterocycles. The average Bonchev–Trinajstić information content (AvgIpc) is 2.48. The molecule has 1 aromatic rings. The van der Waals surface area contributed by atoms with Crippen molar-refractivity contribution in [3.8, 4) is 0 Å². The van der Waals surface area contributed by atoms with Crippen LogP contribution in [0.3, 0.4) is 0 Å². The molecule has 3 N–H and O–H groups in total. The molecule has 9 heteroatoms. The van der Waals surface area contributed by atoms with Crippen LogP contribution in [0.1, 0.15) is 6.92 Å². The molecule has 1 aliphatic rings. The topological polar surface area (TPSA) is 88.9 Å². The van der Waals surface area contributed by atoms with Crippen molar-refractivity contribution in [3.63, 3.8) is 0 Å². The van der Waals surface area contributed by atoms with Gasteiger partial charge in [0.1, 0.15) is 13.1 Å². The largest absolute Gasteiger partial charge is 1.00 e. The van der Waals surface area contributed by atoms with Crippen molar-refractivity contribution in [2.24, 2.45) is 0 Å². The number of carbonyl (C=O) groups excluding carboxylic acids is 1. The number of quaternary nitrogens is 1. The van der Waals surface area contributed by atoms with Crippen LogP contribution in [-0.4, -0.2) is 53.7 Å². The molecular formula is C14H22ClN3O4S. The number of carbonyl (C=O) groups is 1. The summed E-state index contributed by atoms with van der Waals surface area (Å²) in [5.74, 6) is -0.192. The predicted octanol–water partition coefficient (Wildman–Crippen LogP) is -4.16. The zero-order valence-electron chi connectivity index (χ0n) is 13.0. The van der Waals surface area contributed by atoms with E-state index in [4.69, 9.17) is 4.74 Å². The highest BCUT2D eigenvalue weighted by Crippen LogP contribution is 2.13. The minimum atomic E-state index is -3.51. The molecule has 0 aliphatic carbocycles. The highest BCUT2D eigenvalue weighted by molar-refractivity contribution is 7.89. The first-order valence-corrected chi connectivity index (χ1v) is 8.74. The quantitative estimate of drug-likeness (QED) is 0.479. The Bertz CT molecular complexity index is 601. The standard InChI is InChI=1S/C14H21N3O4S.ClH/c1-12(18)16-13-2-4-14(5-3-13)22(19,20)15-6-7-17-8-10-21-11-9-17;/h2-5,15H,6-11H2,1H3,(H,16,18);1H. The summed E-state index contributed by atoms with van der Waals surface area (Å²) in [4.78, 5) is 12.5. The van der Waals surface area contributed by atoms with Crippen LogP contribution >= 0.6 is 0 Å². The van der Waals surface area contributed by atoms with Gasteiger partial charge in [-0.3, -0.25) is 4.79 Å². The minimum Gasteiger partial charge on any atom is -1.00 e. The number of amides is 1. The number of nitrogens with one attached hydrogen (secondary N) is 3. The summed E-state index contributed by atoms with van der Waals surface area (Å²) in [6.45, 7) is 5.82. The van der Waals surface area contributed by atoms with E-state index >= 15 is 0 Å². The lowest BCUT2D eigenvalue weighted by Crippen LogP contribution is -3.14. The van der Waals surface area contributed by atoms with Gasteiger partial charge in [0.05, 0.1) is 31.2 Å². The Hall–Kier alpha value is -1.19. The van der Waals surface area contributed by atoms with Crippen molar-refractivity contribution < 1.29 is 35.3 Å². The second-order valence-electron chi connectivity index (χ2n) is 5.22. The molecule has 1 fully saturated rings. The van der Waals surface area contributed by atoms with Gasteiger partial charge in [0, 0.05) is 12.6 Å². The molecule has 0 atom stereocenters. The molecule has 0 bridgehead atoms. The number of halogens is 1. The molecule has 1 amide bonds. The smallest absolute Gasteiger partial charge is 0.240 e. The van der Waals surface area contributed by atoms with Crippen molar-refractivity contribution >= 4 is 21.6 Å². The summed E-state index contributed by atoms with van der Waals surface area (Å²) in [5.41, 5.74) is 0.573. The summed E-state index contributed by atoms with van der Waals surface area (Å²) in [6, 6.07) is 6.11. The van der Waals surface area contributed by atoms with Crippen LogP contribution in [0.5, 0.6) is 0 Å². The maximum atomic E-state index is 12.2. The van der Waals surface area contributed by atoms with Crippen molar-refractivity contribution in [1.82, 2.24) is 4.72 Å². The first-order chi connectivity index (χ1) is 10.5. The second-order valence-corrected chi connectivity index (χ2v) is 6.98. The van der Waals surface area contributed by atoms with Gasteiger partial charge in [0.25, 0.3) is 0 Å². The molecule has 0 unspecified atom stereocenters. The maximum Gasteiger partial charge on any atom is 0.240 e. The lowest BCUT2D eigenvalue weighted by molar-refractivity contribution is -0.906. The Morgan fingerprint density at radius 1 is 1.22 bits per heavy atom. The summed E-state index contributed by atoms with van der Waals surface area (Å²) in [7, 11) is -3.51. The number of morpholine rings is 1. The monoisotopic (exact) mass is 363 g/mol. The highest BCUT2D eigenvalue weighted by atomic mass is 35.5. The summed E-state index contributed by atoms with van der Waals surface area (Å²) < 4.78 is 32.2. The van der Waals surface area contributed by atoms with E-state index in [-0.39, 0.29) is 23.2 Å². The fraction of sp³-hybridized carbons (Fsp3) is 0.500. The van der Waals surface area contributed by atoms with E-state index in [9.17, 15) is 13.2 Å². The van der Waals surface area contributed by atoms with Crippen LogP contribution in [0.15, 0.2) is 29.2 Å². The number of rotatable bonds is 6. The summed E-state index contributed by atoms with van der Waals surface area (Å²) in [6.07, 6.45) is 0. The molecule has 7 nitrogen and oxygen atoms in total. The first kappa shape index (κ1) is 19.9. The molecule has 0 aromatic heterocycles. The zero-order chi connectivity index (χ0) is 16.0. The van der Waals surface area contributed by atoms with Gasteiger partial charge in [0.15, 0.2) is 0 Å². The molecule has 0 radical (unpaired) electrons. The average molecular weight is 364 g/mol. The summed E-state index contributed by atoms with van der Waals surface area (Å²) in [5, 5.41) is 2.60. The zero-order valence-corrected chi connectivity index (χ0v) is 14.5. The van der Waals surface area contributed by atoms with Crippen molar-refractivity contribution in [3.05, 3.63) is 24.3 Å². The Balaban J connectivity index is 0.00000264. The minimum absolute atomic E-state index is 0. The molecule has 1 heterocycles. The molecular weight excluding hydrogens is 342 g/mol. The summed E-state index contributed by atoms with van der Waals surface area (Å²) >= 11 is 0. The van der Waals surface area contributed by atoms with Gasteiger partial charge in [-0.05, 0) is 24.3 Å². The van der Waals surface area contributed by atoms with Crippen LogP contribution in [0.25, 0.3) is 0 Å². The Morgan fingerprint density at radius 2 is 1.83 bits per heavy atom. The van der Waals surface area contributed by atoms with E-state index in [0.29, 0.717) is 12.2 Å². The van der Waals surface area contributed by atoms with Crippen LogP contribution < -0.4 is 27.3 Å². The molecule has 0 spiro atoms. The van der Waals surface area contributed by atoms with Gasteiger partial charge >= 0.3 is 0 Å². The maximum absolute atomic E-state index is 12.2. The lowest BCUT2D eigenvalue weighted by atomic mass is 10.3. The van der Waals surface area contributed by atoms with Crippen LogP contribution in [0, 0.1) is 0 Å². The Labute approximate surface area is 142 Å². The third-order valence-corrected chi connectivity index (χ3v) is 4.93. The van der Waals surface area contributed by atoms with Crippen molar-refractivity contribution in [2.45, 2.75) is 11.8 Å². The Morgan fingerprint density at radius 3 is 2.39 bits per heavy atom. The van der Waals surface area contributed by atoms with E-state index in [1.165, 1.54) is 24.0 Å². The normalized spacial score (nSPS) is 15.7. The molecule has 1 saturated heterocycles. The molecule has 2 rings (SSSR count). The van der Waals surface area contributed by atoms with Crippen LogP contribution in [0.4, 0.5) is 5.69 Å². The van der Waals surface area contributed by atoms with Gasteiger partial charge in [-0.2, -0.15) is 0 Å². The number of ether oxygens (including phenoxy) is 1. The lowest BCUT2D eigenvalue weighted by Gasteiger charge is -2.23. The second kappa shape index (κ2) is 9.19. The Kier molecular flexibility index (Phi) is 7.93. The number of anilines is 1. The third kappa shape index (κ3) is 6.44. The molecule has 1 aromatic carbocycles. The van der Waals surface area contributed by atoms with E-state index in [1.54, 1.807) is 12.1 Å². The van der Waals surface area contributed by atoms with Gasteiger partial charge in [0.2, 0.25) is 15.9 Å². The molecule has 23 heavy (non-hydrogen) atoms. The SMILES string of the molecule is CC(=O)Nc1ccc(S(=O)(=O)NCC[NH+]2CCOCC2)cc1.[Cl-]. The van der Waals surface area contributed by atoms with Crippen LogP contribution in [-0.2, 0) is 19.6 Å². The number of sulfonamides is 1. The van der Waals surface area contributed by atoms with Gasteiger partial charge in [-0.1, -0.05) is 0 Å². The predicted molar refractivity (Wildman–Crippen MR) is 82.3 cm³/mol. The van der Waals surface area contributed by atoms with Gasteiger partial charge in [-0.15, -0.1) is 0 Å². The van der Waals surface area contributed by atoms with Crippen molar-refractivity contribution in [2.75, 3.05) is 44.7 Å². The van der Waals surface area contributed by atoms with E-state index in [0.717, 1.165) is 32.8 Å². The van der Waals surface area contributed by atoms with E-state index in [1.807, 2.05) is 0 Å². The number of benzene rings is 1. The highest BCUT2D eigenvalue weighted by Gasteiger charge is 2.17. The van der Waals surface area contributed by atoms with E-state index in [2.05, 4.69) is 10.0 Å².